The van der Waals surface area contributed by atoms with Gasteiger partial charge in [0.1, 0.15) is 16.5 Å². The third-order valence-electron chi connectivity index (χ3n) is 4.14. The van der Waals surface area contributed by atoms with Crippen LogP contribution < -0.4 is 12.4 Å². The normalized spacial score (nSPS) is 20.6. The second-order valence-electron chi connectivity index (χ2n) is 6.40. The molecule has 0 saturated carbocycles. The molecule has 2 rings (SSSR count). The standard InChI is InChI=1S/C13H24NSSi2.ClH.Zn/c1-16(2)11-12-17(3,4)14(16)9-5-7-13-8-6-10-15-13;;/h6,8H,5,7,9,11-12H2,1-4H3;1H;/p-1. The van der Waals surface area contributed by atoms with Crippen LogP contribution in [0.2, 0.25) is 38.3 Å². The number of halogens is 1. The van der Waals surface area contributed by atoms with E-state index >= 15 is 0 Å². The molecule has 1 saturated heterocycles. The van der Waals surface area contributed by atoms with E-state index < -0.39 is 16.5 Å². The zero-order valence-electron chi connectivity index (χ0n) is 12.6. The second kappa shape index (κ2) is 7.86. The average molecular weight is 383 g/mol. The minimum Gasteiger partial charge on any atom is -1.00 e. The van der Waals surface area contributed by atoms with Gasteiger partial charge in [0.05, 0.1) is 0 Å². The Balaban J connectivity index is 0.00000162. The Labute approximate surface area is 143 Å². The van der Waals surface area contributed by atoms with Gasteiger partial charge < -0.3 is 16.6 Å². The maximum Gasteiger partial charge on any atom is 0.115 e. The summed E-state index contributed by atoms with van der Waals surface area (Å²) in [4.78, 5) is 1.50. The van der Waals surface area contributed by atoms with Gasteiger partial charge in [0.15, 0.2) is 0 Å². The van der Waals surface area contributed by atoms with Crippen molar-refractivity contribution in [1.29, 1.82) is 0 Å². The molecule has 1 radical (unpaired) electrons. The third-order valence-corrected chi connectivity index (χ3v) is 15.4. The summed E-state index contributed by atoms with van der Waals surface area (Å²) in [7, 11) is -2.07. The molecule has 1 aromatic heterocycles. The van der Waals surface area contributed by atoms with Crippen LogP contribution in [0.4, 0.5) is 0 Å². The van der Waals surface area contributed by atoms with E-state index in [0.717, 1.165) is 0 Å². The minimum absolute atomic E-state index is 0. The second-order valence-corrected chi connectivity index (χ2v) is 17.1. The summed E-state index contributed by atoms with van der Waals surface area (Å²) < 4.78 is 2.98. The SMILES string of the molecule is C[Si]1(C)CC[Si](C)(C)N1CCCc1cc[c]s1.[Cl-].[Zn]. The predicted molar refractivity (Wildman–Crippen MR) is 82.8 cm³/mol. The zero-order valence-corrected chi connectivity index (χ0v) is 19.2. The van der Waals surface area contributed by atoms with E-state index in [0.29, 0.717) is 0 Å². The summed E-state index contributed by atoms with van der Waals surface area (Å²) in [6.07, 6.45) is 2.58. The quantitative estimate of drug-likeness (QED) is 0.707. The van der Waals surface area contributed by atoms with E-state index in [2.05, 4.69) is 41.9 Å². The minimum atomic E-state index is -1.04. The van der Waals surface area contributed by atoms with Crippen molar-refractivity contribution >= 4 is 27.8 Å². The van der Waals surface area contributed by atoms with E-state index in [-0.39, 0.29) is 31.9 Å². The van der Waals surface area contributed by atoms with Crippen LogP contribution in [0, 0.1) is 5.38 Å². The molecule has 0 atom stereocenters. The molecule has 1 aliphatic heterocycles. The van der Waals surface area contributed by atoms with Crippen molar-refractivity contribution < 1.29 is 31.9 Å². The number of hydrogen-bond donors (Lipinski definition) is 0. The number of aryl methyl sites for hydroxylation is 1. The molecule has 0 amide bonds. The molecule has 0 aromatic carbocycles. The Morgan fingerprint density at radius 3 is 2.26 bits per heavy atom. The molecule has 1 aromatic rings. The van der Waals surface area contributed by atoms with Crippen molar-refractivity contribution in [2.24, 2.45) is 0 Å². The van der Waals surface area contributed by atoms with Crippen molar-refractivity contribution in [2.75, 3.05) is 6.54 Å². The van der Waals surface area contributed by atoms with Crippen molar-refractivity contribution in [2.45, 2.75) is 51.1 Å². The van der Waals surface area contributed by atoms with Gasteiger partial charge in [-0.2, -0.15) is 0 Å². The molecule has 6 heteroatoms. The fourth-order valence-corrected chi connectivity index (χ4v) is 18.0. The molecule has 1 nitrogen and oxygen atoms in total. The van der Waals surface area contributed by atoms with Gasteiger partial charge >= 0.3 is 0 Å². The summed E-state index contributed by atoms with van der Waals surface area (Å²) in [6.45, 7) is 11.6. The smallest absolute Gasteiger partial charge is 0.115 e. The number of nitrogens with zero attached hydrogens (tertiary/aromatic N) is 1. The molecular weight excluding hydrogens is 359 g/mol. The Hall–Kier alpha value is 1.01. The van der Waals surface area contributed by atoms with E-state index in [1.165, 1.54) is 36.4 Å². The van der Waals surface area contributed by atoms with E-state index in [4.69, 9.17) is 0 Å². The van der Waals surface area contributed by atoms with Crippen LogP contribution in [0.15, 0.2) is 12.1 Å². The van der Waals surface area contributed by atoms with E-state index in [9.17, 15) is 0 Å². The first-order valence-corrected chi connectivity index (χ1v) is 13.8. The molecule has 0 spiro atoms. The van der Waals surface area contributed by atoms with Crippen LogP contribution in [0.5, 0.6) is 0 Å². The molecule has 0 unspecified atom stereocenters. The van der Waals surface area contributed by atoms with Crippen LogP contribution in [-0.4, -0.2) is 27.2 Å². The number of hydrogen-bond acceptors (Lipinski definition) is 2. The first-order valence-electron chi connectivity index (χ1n) is 6.64. The van der Waals surface area contributed by atoms with Crippen LogP contribution >= 0.6 is 11.3 Å². The summed E-state index contributed by atoms with van der Waals surface area (Å²) in [5.41, 5.74) is 0. The molecule has 0 aliphatic carbocycles. The van der Waals surface area contributed by atoms with Gasteiger partial charge in [-0.25, -0.2) is 0 Å². The third kappa shape index (κ3) is 5.05. The van der Waals surface area contributed by atoms with Gasteiger partial charge in [-0.05, 0) is 43.6 Å². The molecule has 19 heavy (non-hydrogen) atoms. The summed E-state index contributed by atoms with van der Waals surface area (Å²) in [5, 5.41) is 3.19. The monoisotopic (exact) mass is 381 g/mol. The molecule has 0 bridgehead atoms. The molecule has 105 valence electrons. The molecule has 1 aliphatic rings. The van der Waals surface area contributed by atoms with Gasteiger partial charge in [0.25, 0.3) is 0 Å². The van der Waals surface area contributed by atoms with Crippen molar-refractivity contribution in [3.8, 4) is 0 Å². The van der Waals surface area contributed by atoms with E-state index in [1.54, 1.807) is 11.3 Å². The number of thiophene rings is 1. The van der Waals surface area contributed by atoms with Crippen molar-refractivity contribution in [3.05, 3.63) is 22.4 Å². The summed E-state index contributed by atoms with van der Waals surface area (Å²) in [5.74, 6) is 0. The molecule has 2 heterocycles. The van der Waals surface area contributed by atoms with Crippen LogP contribution in [0.25, 0.3) is 0 Å². The largest absolute Gasteiger partial charge is 1.00 e. The maximum atomic E-state index is 3.19. The van der Waals surface area contributed by atoms with Gasteiger partial charge in [0, 0.05) is 29.7 Å². The van der Waals surface area contributed by atoms with Gasteiger partial charge in [-0.3, -0.25) is 0 Å². The maximum absolute atomic E-state index is 3.19. The molecular formula is C13H24ClNSSi2Zn-. The topological polar surface area (TPSA) is 3.24 Å². The van der Waals surface area contributed by atoms with Gasteiger partial charge in [-0.1, -0.05) is 26.2 Å². The zero-order chi connectivity index (χ0) is 12.5. The van der Waals surface area contributed by atoms with Gasteiger partial charge in [-0.15, -0.1) is 11.3 Å². The van der Waals surface area contributed by atoms with Crippen molar-refractivity contribution in [3.63, 3.8) is 0 Å². The first-order chi connectivity index (χ1) is 7.92. The predicted octanol–water partition coefficient (Wildman–Crippen LogP) is 1.21. The first kappa shape index (κ1) is 20.0. The van der Waals surface area contributed by atoms with Gasteiger partial charge in [0.2, 0.25) is 0 Å². The number of rotatable bonds is 4. The van der Waals surface area contributed by atoms with Crippen molar-refractivity contribution in [1.82, 2.24) is 4.23 Å². The van der Waals surface area contributed by atoms with Crippen LogP contribution in [-0.2, 0) is 25.9 Å². The Kier molecular flexibility index (Phi) is 8.27. The summed E-state index contributed by atoms with van der Waals surface area (Å²) in [6, 6.07) is 7.32. The summed E-state index contributed by atoms with van der Waals surface area (Å²) >= 11 is 1.78. The Morgan fingerprint density at radius 2 is 1.79 bits per heavy atom. The fourth-order valence-electron chi connectivity index (χ4n) is 3.12. The Bertz CT molecular complexity index is 355. The Morgan fingerprint density at radius 1 is 1.21 bits per heavy atom. The van der Waals surface area contributed by atoms with Crippen LogP contribution in [0.3, 0.4) is 0 Å². The molecule has 1 fully saturated rings. The average Bonchev–Trinajstić information content (AvgIpc) is 2.80. The van der Waals surface area contributed by atoms with E-state index in [1.807, 2.05) is 6.07 Å². The van der Waals surface area contributed by atoms with Crippen LogP contribution in [0.1, 0.15) is 11.3 Å². The molecule has 0 N–H and O–H groups in total. The fraction of sp³-hybridized carbons (Fsp3) is 0.692.